The second kappa shape index (κ2) is 15.3. The molecular weight excluding hydrogens is 699 g/mol. The molecule has 1 unspecified atom stereocenters. The lowest BCUT2D eigenvalue weighted by Gasteiger charge is -2.41. The molecule has 1 amide bonds. The smallest absolute Gasteiger partial charge is 0.280 e. The third kappa shape index (κ3) is 7.52. The van der Waals surface area contributed by atoms with Crippen molar-refractivity contribution >= 4 is 31.3 Å². The second-order valence-corrected chi connectivity index (χ2v) is 21.0. The maximum atomic E-state index is 13.2. The van der Waals surface area contributed by atoms with Crippen LogP contribution >= 0.6 is 0 Å². The minimum atomic E-state index is -2.44. The molecule has 11 nitrogen and oxygen atoms in total. The molecular formula is C42H53N5O6Si. The zero-order valence-corrected chi connectivity index (χ0v) is 33.7. The number of benzene rings is 3. The highest BCUT2D eigenvalue weighted by Crippen LogP contribution is 2.47. The molecule has 0 radical (unpaired) electrons. The summed E-state index contributed by atoms with van der Waals surface area (Å²) in [5.41, 5.74) is 2.87. The van der Waals surface area contributed by atoms with Gasteiger partial charge in [0.15, 0.2) is 19.5 Å². The van der Waals surface area contributed by atoms with Crippen molar-refractivity contribution in [1.29, 1.82) is 0 Å². The summed E-state index contributed by atoms with van der Waals surface area (Å²) in [5.74, 6) is -0.195. The quantitative estimate of drug-likeness (QED) is 0.0888. The number of hydrogen-bond donors (Lipinski definition) is 3. The fourth-order valence-electron chi connectivity index (χ4n) is 6.94. The van der Waals surface area contributed by atoms with Crippen molar-refractivity contribution in [3.63, 3.8) is 0 Å². The van der Waals surface area contributed by atoms with Crippen molar-refractivity contribution < 1.29 is 23.8 Å². The Kier molecular flexibility index (Phi) is 11.0. The van der Waals surface area contributed by atoms with Crippen molar-refractivity contribution in [2.45, 2.75) is 89.9 Å². The molecule has 1 aliphatic rings. The minimum Gasteiger partial charge on any atom is -0.497 e. The monoisotopic (exact) mass is 751 g/mol. The fourth-order valence-corrected chi connectivity index (χ4v) is 8.27. The van der Waals surface area contributed by atoms with E-state index in [0.29, 0.717) is 12.1 Å². The van der Waals surface area contributed by atoms with Gasteiger partial charge >= 0.3 is 0 Å². The largest absolute Gasteiger partial charge is 0.497 e. The van der Waals surface area contributed by atoms with Crippen LogP contribution in [-0.4, -0.2) is 64.8 Å². The van der Waals surface area contributed by atoms with Crippen molar-refractivity contribution in [1.82, 2.24) is 19.5 Å². The first-order valence-electron chi connectivity index (χ1n) is 18.6. The number of aromatic amines is 1. The van der Waals surface area contributed by atoms with E-state index in [1.165, 1.54) is 0 Å². The topological polar surface area (TPSA) is 141 Å². The Morgan fingerprint density at radius 2 is 1.61 bits per heavy atom. The number of rotatable bonds is 12. The number of aliphatic hydroxyl groups excluding tert-OH is 1. The molecule has 3 aromatic carbocycles. The Morgan fingerprint density at radius 1 is 1.00 bits per heavy atom. The lowest BCUT2D eigenvalue weighted by Crippen LogP contribution is -2.48. The van der Waals surface area contributed by atoms with Crippen molar-refractivity contribution in [2.75, 3.05) is 19.0 Å². The van der Waals surface area contributed by atoms with Gasteiger partial charge in [-0.2, -0.15) is 4.98 Å². The van der Waals surface area contributed by atoms with E-state index in [4.69, 9.17) is 13.9 Å². The zero-order chi connectivity index (χ0) is 39.0. The van der Waals surface area contributed by atoms with E-state index in [1.807, 2.05) is 47.0 Å². The summed E-state index contributed by atoms with van der Waals surface area (Å²) < 4.78 is 21.7. The highest BCUT2D eigenvalue weighted by atomic mass is 28.4. The summed E-state index contributed by atoms with van der Waals surface area (Å²) in [6.45, 7) is 16.6. The lowest BCUT2D eigenvalue weighted by molar-refractivity contribution is -0.118. The molecule has 12 heteroatoms. The van der Waals surface area contributed by atoms with Gasteiger partial charge in [0.1, 0.15) is 11.4 Å². The van der Waals surface area contributed by atoms with Crippen LogP contribution in [0.25, 0.3) is 11.2 Å². The summed E-state index contributed by atoms with van der Waals surface area (Å²) in [7, 11) is -0.797. The average molecular weight is 752 g/mol. The van der Waals surface area contributed by atoms with Gasteiger partial charge in [-0.1, -0.05) is 107 Å². The molecule has 2 heterocycles. The predicted molar refractivity (Wildman–Crippen MR) is 213 cm³/mol. The van der Waals surface area contributed by atoms with Gasteiger partial charge in [0.25, 0.3) is 5.56 Å². The number of nitrogens with zero attached hydrogens (tertiary/aromatic N) is 3. The Bertz CT molecular complexity index is 2130. The average Bonchev–Trinajstić information content (AvgIpc) is 3.69. The molecule has 2 aromatic heterocycles. The molecule has 0 aliphatic heterocycles. The van der Waals surface area contributed by atoms with E-state index >= 15 is 0 Å². The van der Waals surface area contributed by atoms with Crippen LogP contribution in [0.3, 0.4) is 0 Å². The van der Waals surface area contributed by atoms with Crippen LogP contribution in [0.4, 0.5) is 5.95 Å². The Morgan fingerprint density at radius 3 is 2.20 bits per heavy atom. The Balaban J connectivity index is 1.44. The van der Waals surface area contributed by atoms with E-state index in [1.54, 1.807) is 27.3 Å². The summed E-state index contributed by atoms with van der Waals surface area (Å²) in [6, 6.07) is 26.0. The maximum Gasteiger partial charge on any atom is 0.280 e. The molecule has 0 bridgehead atoms. The van der Waals surface area contributed by atoms with Gasteiger partial charge in [-0.15, -0.1) is 0 Å². The normalized spacial score (nSPS) is 20.3. The number of H-pyrrole nitrogens is 1. The number of amides is 1. The fraction of sp³-hybridized carbons (Fsp3) is 0.429. The molecule has 54 heavy (non-hydrogen) atoms. The number of anilines is 1. The third-order valence-electron chi connectivity index (χ3n) is 11.2. The van der Waals surface area contributed by atoms with Crippen molar-refractivity contribution in [3.05, 3.63) is 118 Å². The number of aromatic nitrogens is 4. The summed E-state index contributed by atoms with van der Waals surface area (Å²) >= 11 is 0. The standard InChI is InChI=1S/C42H53N5O6Si/c1-26(2)38(49)45-40-44-37-34(39(50)46-40)43-25-47(37)33-23-28(35(48)36(33)53-54(8,9)41(4,5)6)24-52-42(29-13-11-10-12-14-29,30-17-15-27(3)16-18-30)31-19-21-32(51-7)22-20-31/h10-22,25-26,28,33,35-36,48H,23-24H2,1-9H3,(H2,44,45,46,49,50)/t28-,33-,35-,36+,42?/m1/s1. The first kappa shape index (κ1) is 39.1. The van der Waals surface area contributed by atoms with Gasteiger partial charge in [-0.05, 0) is 60.3 Å². The lowest BCUT2D eigenvalue weighted by atomic mass is 9.79. The number of methoxy groups -OCH3 is 1. The van der Waals surface area contributed by atoms with E-state index in [2.05, 4.69) is 97.5 Å². The van der Waals surface area contributed by atoms with Crippen LogP contribution in [-0.2, 0) is 19.6 Å². The zero-order valence-electron chi connectivity index (χ0n) is 32.7. The van der Waals surface area contributed by atoms with Crippen molar-refractivity contribution in [3.8, 4) is 5.75 Å². The number of aliphatic hydroxyl groups is 1. The van der Waals surface area contributed by atoms with E-state index in [-0.39, 0.29) is 40.9 Å². The van der Waals surface area contributed by atoms with Crippen LogP contribution in [0.5, 0.6) is 5.75 Å². The van der Waals surface area contributed by atoms with Gasteiger partial charge in [0.05, 0.1) is 38.3 Å². The number of carbonyl (C=O) groups is 1. The van der Waals surface area contributed by atoms with E-state index < -0.39 is 37.7 Å². The van der Waals surface area contributed by atoms with Crippen molar-refractivity contribution in [2.24, 2.45) is 11.8 Å². The van der Waals surface area contributed by atoms with Gasteiger partial charge in [-0.25, -0.2) is 4.98 Å². The maximum absolute atomic E-state index is 13.2. The molecule has 5 atom stereocenters. The highest BCUT2D eigenvalue weighted by Gasteiger charge is 2.51. The van der Waals surface area contributed by atoms with Gasteiger partial charge in [0, 0.05) is 11.8 Å². The molecule has 0 spiro atoms. The van der Waals surface area contributed by atoms with E-state index in [0.717, 1.165) is 28.0 Å². The molecule has 1 aliphatic carbocycles. The molecule has 286 valence electrons. The highest BCUT2D eigenvalue weighted by molar-refractivity contribution is 6.74. The van der Waals surface area contributed by atoms with Gasteiger partial charge in [0.2, 0.25) is 11.9 Å². The number of carbonyl (C=O) groups excluding carboxylic acids is 1. The first-order chi connectivity index (χ1) is 25.6. The number of nitrogens with one attached hydrogen (secondary N) is 2. The van der Waals surface area contributed by atoms with Crippen LogP contribution in [0, 0.1) is 18.8 Å². The SMILES string of the molecule is COc1ccc(C(OC[C@H]2C[C@@H](n3cnc4c(=O)[nH]c(NC(=O)C(C)C)nc43)[C@H](O[Si](C)(C)C(C)(C)C)[C@@H]2O)(c2ccccc2)c2ccc(C)cc2)cc1. The Labute approximate surface area is 318 Å². The molecule has 1 saturated carbocycles. The van der Waals surface area contributed by atoms with Gasteiger partial charge < -0.3 is 23.6 Å². The first-order valence-corrected chi connectivity index (χ1v) is 21.5. The van der Waals surface area contributed by atoms with Crippen LogP contribution < -0.4 is 15.6 Å². The number of aryl methyl sites for hydroxylation is 1. The van der Waals surface area contributed by atoms with Crippen LogP contribution in [0.1, 0.15) is 69.3 Å². The van der Waals surface area contributed by atoms with E-state index in [9.17, 15) is 14.7 Å². The molecule has 0 saturated heterocycles. The number of ether oxygens (including phenoxy) is 2. The number of imidazole rings is 1. The number of hydrogen-bond acceptors (Lipinski definition) is 8. The third-order valence-corrected chi connectivity index (χ3v) is 15.7. The molecule has 3 N–H and O–H groups in total. The summed E-state index contributed by atoms with van der Waals surface area (Å²) in [5, 5.41) is 14.9. The molecule has 5 aromatic rings. The molecule has 1 fully saturated rings. The van der Waals surface area contributed by atoms with Gasteiger partial charge in [-0.3, -0.25) is 19.9 Å². The summed E-state index contributed by atoms with van der Waals surface area (Å²) in [4.78, 5) is 37.5. The molecule has 6 rings (SSSR count). The predicted octanol–water partition coefficient (Wildman–Crippen LogP) is 7.35. The number of fused-ring (bicyclic) bond motifs is 1. The van der Waals surface area contributed by atoms with Crippen LogP contribution in [0.2, 0.25) is 18.1 Å². The van der Waals surface area contributed by atoms with Crippen LogP contribution in [0.15, 0.2) is 90.0 Å². The minimum absolute atomic E-state index is 0.0403. The second-order valence-electron chi connectivity index (χ2n) is 16.2. The summed E-state index contributed by atoms with van der Waals surface area (Å²) in [6.07, 6.45) is 0.459. The Hall–Kier alpha value is -4.62.